The van der Waals surface area contributed by atoms with Crippen LogP contribution in [-0.4, -0.2) is 21.6 Å². The van der Waals surface area contributed by atoms with Gasteiger partial charge in [-0.3, -0.25) is 30.6 Å². The van der Waals surface area contributed by atoms with Crippen molar-refractivity contribution in [2.45, 2.75) is 18.2 Å². The lowest BCUT2D eigenvalue weighted by molar-refractivity contribution is -0.384. The van der Waals surface area contributed by atoms with Crippen LogP contribution in [0, 0.1) is 10.1 Å². The molecule has 0 aliphatic rings. The summed E-state index contributed by atoms with van der Waals surface area (Å²) in [6, 6.07) is 5.22. The molecule has 0 fully saturated rings. The molecule has 2 N–H and O–H groups in total. The standard InChI is InChI=1S/C11H12BrN3O4/c1-2-9(12)11(17)14-13-10(16)7-4-3-5-8(6-7)15(18)19/h3-6,9H,2H2,1H3,(H,13,16)(H,14,17). The largest absolute Gasteiger partial charge is 0.272 e. The normalized spacial score (nSPS) is 11.5. The van der Waals surface area contributed by atoms with Crippen LogP contribution in [0.4, 0.5) is 5.69 Å². The number of non-ortho nitro benzene ring substituents is 1. The van der Waals surface area contributed by atoms with Crippen molar-refractivity contribution in [1.29, 1.82) is 0 Å². The fraction of sp³-hybridized carbons (Fsp3) is 0.273. The Bertz CT molecular complexity index is 506. The average Bonchev–Trinajstić information content (AvgIpc) is 2.43. The van der Waals surface area contributed by atoms with Gasteiger partial charge in [-0.05, 0) is 12.5 Å². The predicted octanol–water partition coefficient (Wildman–Crippen LogP) is 1.53. The van der Waals surface area contributed by atoms with Crippen LogP contribution >= 0.6 is 15.9 Å². The number of hydrogen-bond donors (Lipinski definition) is 2. The van der Waals surface area contributed by atoms with Gasteiger partial charge in [0.05, 0.1) is 9.75 Å². The molecule has 102 valence electrons. The van der Waals surface area contributed by atoms with Crippen LogP contribution in [-0.2, 0) is 4.79 Å². The van der Waals surface area contributed by atoms with Gasteiger partial charge in [0.25, 0.3) is 17.5 Å². The third-order valence-electron chi connectivity index (χ3n) is 2.26. The number of nitrogens with zero attached hydrogens (tertiary/aromatic N) is 1. The van der Waals surface area contributed by atoms with Crippen molar-refractivity contribution in [2.75, 3.05) is 0 Å². The molecule has 0 saturated carbocycles. The highest BCUT2D eigenvalue weighted by molar-refractivity contribution is 9.10. The third-order valence-corrected chi connectivity index (χ3v) is 3.32. The first-order valence-corrected chi connectivity index (χ1v) is 6.36. The molecule has 0 radical (unpaired) electrons. The zero-order chi connectivity index (χ0) is 14.4. The summed E-state index contributed by atoms with van der Waals surface area (Å²) in [5, 5.41) is 10.6. The van der Waals surface area contributed by atoms with Crippen molar-refractivity contribution >= 4 is 33.4 Å². The second kappa shape index (κ2) is 6.83. The van der Waals surface area contributed by atoms with E-state index in [4.69, 9.17) is 0 Å². The fourth-order valence-electron chi connectivity index (χ4n) is 1.21. The number of carbonyl (C=O) groups excluding carboxylic acids is 2. The zero-order valence-electron chi connectivity index (χ0n) is 10.1. The summed E-state index contributed by atoms with van der Waals surface area (Å²) in [5.41, 5.74) is 4.32. The van der Waals surface area contributed by atoms with Crippen LogP contribution in [0.1, 0.15) is 23.7 Å². The zero-order valence-corrected chi connectivity index (χ0v) is 11.6. The van der Waals surface area contributed by atoms with E-state index in [0.29, 0.717) is 6.42 Å². The van der Waals surface area contributed by atoms with Gasteiger partial charge in [-0.15, -0.1) is 0 Å². The average molecular weight is 330 g/mol. The van der Waals surface area contributed by atoms with E-state index < -0.39 is 15.7 Å². The Morgan fingerprint density at radius 2 is 2.11 bits per heavy atom. The Hall–Kier alpha value is -1.96. The fourth-order valence-corrected chi connectivity index (χ4v) is 1.33. The first-order chi connectivity index (χ1) is 8.95. The lowest BCUT2D eigenvalue weighted by atomic mass is 10.2. The quantitative estimate of drug-likeness (QED) is 0.496. The van der Waals surface area contributed by atoms with Gasteiger partial charge in [-0.25, -0.2) is 0 Å². The van der Waals surface area contributed by atoms with Crippen molar-refractivity contribution in [2.24, 2.45) is 0 Å². The van der Waals surface area contributed by atoms with Gasteiger partial charge < -0.3 is 0 Å². The number of alkyl halides is 1. The summed E-state index contributed by atoms with van der Waals surface area (Å²) in [4.78, 5) is 32.6. The molecule has 0 bridgehead atoms. The maximum atomic E-state index is 11.7. The second-order valence-corrected chi connectivity index (χ2v) is 4.73. The number of rotatable bonds is 4. The number of amides is 2. The number of hydrazine groups is 1. The molecule has 2 amide bonds. The van der Waals surface area contributed by atoms with E-state index in [1.54, 1.807) is 6.92 Å². The summed E-state index contributed by atoms with van der Waals surface area (Å²) < 4.78 is 0. The van der Waals surface area contributed by atoms with Crippen LogP contribution in [0.3, 0.4) is 0 Å². The summed E-state index contributed by atoms with van der Waals surface area (Å²) in [7, 11) is 0. The van der Waals surface area contributed by atoms with E-state index >= 15 is 0 Å². The first kappa shape index (κ1) is 15.1. The molecule has 1 aromatic carbocycles. The number of hydrogen-bond acceptors (Lipinski definition) is 4. The van der Waals surface area contributed by atoms with Gasteiger partial charge in [0, 0.05) is 17.7 Å². The Morgan fingerprint density at radius 1 is 1.42 bits per heavy atom. The molecule has 1 unspecified atom stereocenters. The molecule has 1 atom stereocenters. The number of nitrogens with one attached hydrogen (secondary N) is 2. The van der Waals surface area contributed by atoms with E-state index in [9.17, 15) is 19.7 Å². The number of halogens is 1. The predicted molar refractivity (Wildman–Crippen MR) is 71.7 cm³/mol. The van der Waals surface area contributed by atoms with Crippen molar-refractivity contribution < 1.29 is 14.5 Å². The second-order valence-electron chi connectivity index (χ2n) is 3.63. The monoisotopic (exact) mass is 329 g/mol. The van der Waals surface area contributed by atoms with E-state index in [2.05, 4.69) is 26.8 Å². The van der Waals surface area contributed by atoms with Gasteiger partial charge >= 0.3 is 0 Å². The molecule has 19 heavy (non-hydrogen) atoms. The third kappa shape index (κ3) is 4.32. The van der Waals surface area contributed by atoms with Gasteiger partial charge in [-0.1, -0.05) is 28.9 Å². The van der Waals surface area contributed by atoms with E-state index in [-0.39, 0.29) is 17.2 Å². The topological polar surface area (TPSA) is 101 Å². The summed E-state index contributed by atoms with van der Waals surface area (Å²) >= 11 is 3.13. The maximum Gasteiger partial charge on any atom is 0.270 e. The van der Waals surface area contributed by atoms with Crippen molar-refractivity contribution in [3.05, 3.63) is 39.9 Å². The lowest BCUT2D eigenvalue weighted by Gasteiger charge is -2.09. The van der Waals surface area contributed by atoms with Crippen molar-refractivity contribution in [3.63, 3.8) is 0 Å². The highest BCUT2D eigenvalue weighted by Crippen LogP contribution is 2.12. The Morgan fingerprint density at radius 3 is 2.68 bits per heavy atom. The molecule has 0 aliphatic carbocycles. The highest BCUT2D eigenvalue weighted by Gasteiger charge is 2.15. The number of nitro groups is 1. The molecule has 8 heteroatoms. The van der Waals surface area contributed by atoms with E-state index in [1.807, 2.05) is 0 Å². The Kier molecular flexibility index (Phi) is 5.43. The molecule has 0 aliphatic heterocycles. The SMILES string of the molecule is CCC(Br)C(=O)NNC(=O)c1cccc([N+](=O)[O-])c1. The van der Waals surface area contributed by atoms with Crippen LogP contribution in [0.2, 0.25) is 0 Å². The molecule has 7 nitrogen and oxygen atoms in total. The van der Waals surface area contributed by atoms with Gasteiger partial charge in [0.1, 0.15) is 0 Å². The summed E-state index contributed by atoms with van der Waals surface area (Å²) in [5.74, 6) is -1.01. The summed E-state index contributed by atoms with van der Waals surface area (Å²) in [6.07, 6.45) is 0.568. The van der Waals surface area contributed by atoms with E-state index in [1.165, 1.54) is 18.2 Å². The van der Waals surface area contributed by atoms with Crippen LogP contribution < -0.4 is 10.9 Å². The Balaban J connectivity index is 2.66. The van der Waals surface area contributed by atoms with Gasteiger partial charge in [0.2, 0.25) is 0 Å². The molecular weight excluding hydrogens is 318 g/mol. The highest BCUT2D eigenvalue weighted by atomic mass is 79.9. The molecule has 1 rings (SSSR count). The number of nitro benzene ring substituents is 1. The van der Waals surface area contributed by atoms with Crippen LogP contribution in [0.5, 0.6) is 0 Å². The minimum atomic E-state index is -0.618. The first-order valence-electron chi connectivity index (χ1n) is 5.44. The van der Waals surface area contributed by atoms with Crippen molar-refractivity contribution in [1.82, 2.24) is 10.9 Å². The molecule has 0 saturated heterocycles. The minimum absolute atomic E-state index is 0.0946. The maximum absolute atomic E-state index is 11.7. The number of carbonyl (C=O) groups is 2. The minimum Gasteiger partial charge on any atom is -0.272 e. The van der Waals surface area contributed by atoms with Gasteiger partial charge in [-0.2, -0.15) is 0 Å². The lowest BCUT2D eigenvalue weighted by Crippen LogP contribution is -2.44. The number of benzene rings is 1. The van der Waals surface area contributed by atoms with Gasteiger partial charge in [0.15, 0.2) is 0 Å². The van der Waals surface area contributed by atoms with E-state index in [0.717, 1.165) is 6.07 Å². The Labute approximate surface area is 117 Å². The molecule has 0 spiro atoms. The van der Waals surface area contributed by atoms with Crippen LogP contribution in [0.15, 0.2) is 24.3 Å². The molecule has 0 heterocycles. The smallest absolute Gasteiger partial charge is 0.270 e. The molecular formula is C11H12BrN3O4. The molecule has 1 aromatic rings. The molecule has 0 aromatic heterocycles. The van der Waals surface area contributed by atoms with Crippen LogP contribution in [0.25, 0.3) is 0 Å². The van der Waals surface area contributed by atoms with Crippen molar-refractivity contribution in [3.8, 4) is 0 Å². The summed E-state index contributed by atoms with van der Waals surface area (Å²) in [6.45, 7) is 1.81.